The first kappa shape index (κ1) is 12.9. The lowest BCUT2D eigenvalue weighted by atomic mass is 9.86. The molecule has 3 heteroatoms. The van der Waals surface area contributed by atoms with Crippen LogP contribution in [0.4, 0.5) is 0 Å². The van der Waals surface area contributed by atoms with Gasteiger partial charge in [-0.3, -0.25) is 4.79 Å². The molecule has 2 rings (SSSR count). The molecule has 0 aromatic heterocycles. The van der Waals surface area contributed by atoms with Gasteiger partial charge in [0.15, 0.2) is 0 Å². The Morgan fingerprint density at radius 1 is 0.941 bits per heavy atom. The van der Waals surface area contributed by atoms with E-state index >= 15 is 0 Å². The average molecular weight is 239 g/mol. The van der Waals surface area contributed by atoms with Crippen molar-refractivity contribution < 1.29 is 9.53 Å². The van der Waals surface area contributed by atoms with Crippen LogP contribution in [0.15, 0.2) is 0 Å². The summed E-state index contributed by atoms with van der Waals surface area (Å²) in [5, 5.41) is 0. The maximum absolute atomic E-state index is 12.0. The fraction of sp³-hybridized carbons (Fsp3) is 0.929. The molecule has 2 saturated carbocycles. The van der Waals surface area contributed by atoms with Gasteiger partial charge in [0.1, 0.15) is 6.10 Å². The van der Waals surface area contributed by atoms with E-state index in [1.807, 2.05) is 0 Å². The summed E-state index contributed by atoms with van der Waals surface area (Å²) in [6.45, 7) is 0. The molecule has 2 unspecified atom stereocenters. The molecular weight excluding hydrogens is 214 g/mol. The van der Waals surface area contributed by atoms with E-state index < -0.39 is 0 Å². The third-order valence-electron chi connectivity index (χ3n) is 4.13. The van der Waals surface area contributed by atoms with Gasteiger partial charge in [-0.05, 0) is 44.9 Å². The van der Waals surface area contributed by atoms with Crippen LogP contribution in [0, 0.1) is 5.92 Å². The van der Waals surface area contributed by atoms with E-state index in [2.05, 4.69) is 0 Å². The molecule has 0 spiro atoms. The molecular formula is C14H25NO2. The first-order valence-corrected chi connectivity index (χ1v) is 7.22. The van der Waals surface area contributed by atoms with Gasteiger partial charge in [-0.25, -0.2) is 0 Å². The van der Waals surface area contributed by atoms with Crippen molar-refractivity contribution in [2.24, 2.45) is 11.7 Å². The molecule has 0 heterocycles. The van der Waals surface area contributed by atoms with Crippen LogP contribution in [-0.4, -0.2) is 18.1 Å². The highest BCUT2D eigenvalue weighted by molar-refractivity contribution is 5.72. The van der Waals surface area contributed by atoms with E-state index in [1.165, 1.54) is 25.7 Å². The zero-order valence-electron chi connectivity index (χ0n) is 10.7. The summed E-state index contributed by atoms with van der Waals surface area (Å²) in [6, 6.07) is 0.204. The first-order valence-electron chi connectivity index (χ1n) is 7.22. The van der Waals surface area contributed by atoms with Crippen LogP contribution in [-0.2, 0) is 9.53 Å². The highest BCUT2D eigenvalue weighted by Crippen LogP contribution is 2.26. The smallest absolute Gasteiger partial charge is 0.309 e. The average Bonchev–Trinajstić information content (AvgIpc) is 2.57. The van der Waals surface area contributed by atoms with Crippen molar-refractivity contribution in [3.63, 3.8) is 0 Å². The predicted molar refractivity (Wildman–Crippen MR) is 67.5 cm³/mol. The summed E-state index contributed by atoms with van der Waals surface area (Å²) < 4.78 is 5.66. The Bertz CT molecular complexity index is 247. The molecule has 2 N–H and O–H groups in total. The first-order chi connectivity index (χ1) is 8.25. The van der Waals surface area contributed by atoms with Crippen LogP contribution >= 0.6 is 0 Å². The number of ether oxygens (including phenoxy) is 1. The maximum atomic E-state index is 12.0. The normalized spacial score (nSPS) is 31.8. The van der Waals surface area contributed by atoms with Crippen molar-refractivity contribution in [3.8, 4) is 0 Å². The van der Waals surface area contributed by atoms with Gasteiger partial charge in [0.2, 0.25) is 0 Å². The molecule has 0 aromatic carbocycles. The summed E-state index contributed by atoms with van der Waals surface area (Å²) >= 11 is 0. The quantitative estimate of drug-likeness (QED) is 0.595. The van der Waals surface area contributed by atoms with Gasteiger partial charge >= 0.3 is 5.97 Å². The van der Waals surface area contributed by atoms with Crippen LogP contribution in [0.2, 0.25) is 0 Å². The second kappa shape index (κ2) is 6.39. The van der Waals surface area contributed by atoms with E-state index in [1.54, 1.807) is 0 Å². The van der Waals surface area contributed by atoms with Crippen LogP contribution < -0.4 is 5.73 Å². The minimum atomic E-state index is 0.0204. The Morgan fingerprint density at radius 3 is 2.29 bits per heavy atom. The molecule has 0 saturated heterocycles. The molecule has 2 fully saturated rings. The highest BCUT2D eigenvalue weighted by Gasteiger charge is 2.28. The molecule has 2 aliphatic carbocycles. The number of carbonyl (C=O) groups is 1. The minimum absolute atomic E-state index is 0.0204. The Kier molecular flexibility index (Phi) is 4.84. The summed E-state index contributed by atoms with van der Waals surface area (Å²) in [5.74, 6) is 0.0917. The molecule has 17 heavy (non-hydrogen) atoms. The van der Waals surface area contributed by atoms with Crippen LogP contribution in [0.5, 0.6) is 0 Å². The molecule has 3 nitrogen and oxygen atoms in total. The molecule has 0 amide bonds. The second-order valence-corrected chi connectivity index (χ2v) is 5.67. The largest absolute Gasteiger partial charge is 0.462 e. The van der Waals surface area contributed by atoms with Gasteiger partial charge in [-0.2, -0.15) is 0 Å². The monoisotopic (exact) mass is 239 g/mol. The number of nitrogens with two attached hydrogens (primary N) is 1. The number of hydrogen-bond donors (Lipinski definition) is 1. The van der Waals surface area contributed by atoms with E-state index in [0.29, 0.717) is 0 Å². The Hall–Kier alpha value is -0.570. The van der Waals surface area contributed by atoms with Gasteiger partial charge in [-0.15, -0.1) is 0 Å². The summed E-state index contributed by atoms with van der Waals surface area (Å²) in [7, 11) is 0. The molecule has 2 atom stereocenters. The zero-order chi connectivity index (χ0) is 12.1. The second-order valence-electron chi connectivity index (χ2n) is 5.67. The van der Waals surface area contributed by atoms with Crippen molar-refractivity contribution >= 4 is 5.97 Å². The van der Waals surface area contributed by atoms with Crippen LogP contribution in [0.3, 0.4) is 0 Å². The zero-order valence-corrected chi connectivity index (χ0v) is 10.7. The van der Waals surface area contributed by atoms with Crippen molar-refractivity contribution in [1.82, 2.24) is 0 Å². The Morgan fingerprint density at radius 2 is 1.65 bits per heavy atom. The van der Waals surface area contributed by atoms with Gasteiger partial charge in [0.05, 0.1) is 5.92 Å². The fourth-order valence-electron chi connectivity index (χ4n) is 3.06. The molecule has 0 aliphatic heterocycles. The third-order valence-corrected chi connectivity index (χ3v) is 4.13. The predicted octanol–water partition coefficient (Wildman–Crippen LogP) is 2.77. The SMILES string of the molecule is NC1CCCC(C(=O)OC2CCCCCC2)C1. The van der Waals surface area contributed by atoms with Crippen LogP contribution in [0.1, 0.15) is 64.2 Å². The number of rotatable bonds is 2. The Balaban J connectivity index is 1.78. The van der Waals surface area contributed by atoms with Gasteiger partial charge in [0.25, 0.3) is 0 Å². The van der Waals surface area contributed by atoms with Crippen molar-refractivity contribution in [1.29, 1.82) is 0 Å². The van der Waals surface area contributed by atoms with Crippen LogP contribution in [0.25, 0.3) is 0 Å². The minimum Gasteiger partial charge on any atom is -0.462 e. The topological polar surface area (TPSA) is 52.3 Å². The molecule has 0 bridgehead atoms. The summed E-state index contributed by atoms with van der Waals surface area (Å²) in [5.41, 5.74) is 5.91. The standard InChI is InChI=1S/C14H25NO2/c15-12-7-5-6-11(10-12)14(16)17-13-8-3-1-2-4-9-13/h11-13H,1-10,15H2. The summed E-state index contributed by atoms with van der Waals surface area (Å²) in [4.78, 5) is 12.0. The van der Waals surface area contributed by atoms with Gasteiger partial charge < -0.3 is 10.5 Å². The molecule has 0 radical (unpaired) electrons. The fourth-order valence-corrected chi connectivity index (χ4v) is 3.06. The van der Waals surface area contributed by atoms with Crippen molar-refractivity contribution in [3.05, 3.63) is 0 Å². The van der Waals surface area contributed by atoms with Gasteiger partial charge in [-0.1, -0.05) is 19.3 Å². The maximum Gasteiger partial charge on any atom is 0.309 e. The lowest BCUT2D eigenvalue weighted by Gasteiger charge is -2.26. The van der Waals surface area contributed by atoms with Crippen molar-refractivity contribution in [2.75, 3.05) is 0 Å². The third kappa shape index (κ3) is 3.98. The van der Waals surface area contributed by atoms with E-state index in [-0.39, 0.29) is 24.0 Å². The summed E-state index contributed by atoms with van der Waals surface area (Å²) in [6.07, 6.45) is 11.2. The molecule has 98 valence electrons. The van der Waals surface area contributed by atoms with E-state index in [0.717, 1.165) is 38.5 Å². The number of carbonyl (C=O) groups excluding carboxylic acids is 1. The van der Waals surface area contributed by atoms with E-state index in [9.17, 15) is 4.79 Å². The molecule has 2 aliphatic rings. The lowest BCUT2D eigenvalue weighted by molar-refractivity contribution is -0.156. The highest BCUT2D eigenvalue weighted by atomic mass is 16.5. The van der Waals surface area contributed by atoms with Gasteiger partial charge in [0, 0.05) is 6.04 Å². The lowest BCUT2D eigenvalue weighted by Crippen LogP contribution is -2.34. The molecule has 0 aromatic rings. The van der Waals surface area contributed by atoms with Crippen molar-refractivity contribution in [2.45, 2.75) is 76.4 Å². The number of hydrogen-bond acceptors (Lipinski definition) is 3. The Labute approximate surface area is 104 Å². The van der Waals surface area contributed by atoms with E-state index in [4.69, 9.17) is 10.5 Å². The number of esters is 1.